The molecule has 0 radical (unpaired) electrons. The van der Waals surface area contributed by atoms with Gasteiger partial charge in [0.1, 0.15) is 0 Å². The van der Waals surface area contributed by atoms with Gasteiger partial charge in [-0.05, 0) is 30.5 Å². The molecule has 0 aliphatic carbocycles. The second-order valence-electron chi connectivity index (χ2n) is 7.04. The Bertz CT molecular complexity index is 891. The van der Waals surface area contributed by atoms with Gasteiger partial charge in [0.05, 0.1) is 23.1 Å². The lowest BCUT2D eigenvalue weighted by Gasteiger charge is -2.15. The van der Waals surface area contributed by atoms with E-state index in [-0.39, 0.29) is 36.5 Å². The minimum absolute atomic E-state index is 0.0714. The first-order valence-corrected chi connectivity index (χ1v) is 9.71. The number of hydrogen-bond donors (Lipinski definition) is 1. The van der Waals surface area contributed by atoms with Gasteiger partial charge in [-0.2, -0.15) is 5.10 Å². The normalized spacial score (nSPS) is 14.2. The van der Waals surface area contributed by atoms with Crippen molar-refractivity contribution in [3.05, 3.63) is 46.7 Å². The van der Waals surface area contributed by atoms with E-state index in [1.165, 1.54) is 4.90 Å². The van der Waals surface area contributed by atoms with Crippen LogP contribution in [0, 0.1) is 0 Å². The molecule has 3 rings (SSSR count). The number of hydrogen-bond acceptors (Lipinski definition) is 4. The van der Waals surface area contributed by atoms with E-state index in [9.17, 15) is 14.4 Å². The first-order chi connectivity index (χ1) is 13.4. The molecule has 1 aromatic carbocycles. The van der Waals surface area contributed by atoms with E-state index in [0.29, 0.717) is 30.1 Å². The average Bonchev–Trinajstić information content (AvgIpc) is 3.23. The van der Waals surface area contributed by atoms with Gasteiger partial charge in [0.15, 0.2) is 0 Å². The molecule has 28 heavy (non-hydrogen) atoms. The summed E-state index contributed by atoms with van der Waals surface area (Å²) in [6.07, 6.45) is 2.64. The largest absolute Gasteiger partial charge is 0.352 e. The van der Waals surface area contributed by atoms with Gasteiger partial charge in [0.2, 0.25) is 11.8 Å². The Kier molecular flexibility index (Phi) is 6.14. The van der Waals surface area contributed by atoms with Crippen molar-refractivity contribution >= 4 is 29.3 Å². The van der Waals surface area contributed by atoms with Gasteiger partial charge < -0.3 is 5.32 Å². The molecule has 1 N–H and O–H groups in total. The van der Waals surface area contributed by atoms with Crippen LogP contribution < -0.4 is 5.32 Å². The summed E-state index contributed by atoms with van der Waals surface area (Å²) in [5.74, 6) is -0.430. The summed E-state index contributed by atoms with van der Waals surface area (Å²) in [6.45, 7) is 4.70. The van der Waals surface area contributed by atoms with E-state index in [4.69, 9.17) is 11.6 Å². The van der Waals surface area contributed by atoms with E-state index >= 15 is 0 Å². The van der Waals surface area contributed by atoms with E-state index in [0.717, 1.165) is 11.4 Å². The quantitative estimate of drug-likeness (QED) is 0.570. The van der Waals surface area contributed by atoms with Crippen LogP contribution in [0.5, 0.6) is 0 Å². The van der Waals surface area contributed by atoms with Gasteiger partial charge in [-0.3, -0.25) is 19.3 Å². The molecule has 3 amide bonds. The molecule has 0 unspecified atom stereocenters. The summed E-state index contributed by atoms with van der Waals surface area (Å²) in [5.41, 5.74) is 2.09. The highest BCUT2D eigenvalue weighted by atomic mass is 35.5. The van der Waals surface area contributed by atoms with E-state index in [1.807, 2.05) is 26.0 Å². The van der Waals surface area contributed by atoms with Gasteiger partial charge in [0.25, 0.3) is 5.91 Å². The van der Waals surface area contributed by atoms with Crippen molar-refractivity contribution in [1.29, 1.82) is 0 Å². The van der Waals surface area contributed by atoms with Crippen LogP contribution in [0.4, 0.5) is 0 Å². The van der Waals surface area contributed by atoms with E-state index in [2.05, 4.69) is 10.4 Å². The van der Waals surface area contributed by atoms with Crippen LogP contribution in [0.3, 0.4) is 0 Å². The van der Waals surface area contributed by atoms with Crippen LogP contribution in [-0.2, 0) is 9.59 Å². The predicted octanol–water partition coefficient (Wildman–Crippen LogP) is 2.92. The second kappa shape index (κ2) is 8.56. The van der Waals surface area contributed by atoms with Crippen molar-refractivity contribution < 1.29 is 14.4 Å². The number of nitrogens with zero attached hydrogens (tertiary/aromatic N) is 3. The van der Waals surface area contributed by atoms with Crippen molar-refractivity contribution in [2.75, 3.05) is 13.1 Å². The third-order valence-electron chi connectivity index (χ3n) is 4.65. The maximum Gasteiger partial charge on any atom is 0.254 e. The molecule has 2 heterocycles. The van der Waals surface area contributed by atoms with Crippen LogP contribution >= 0.6 is 11.6 Å². The standard InChI is InChI=1S/C20H23ClN4O3/c1-13(2)19-16(12-23-25(19)15-6-3-5-14(21)11-15)20(28)22-9-4-10-24-17(26)7-8-18(24)27/h3,5-6,11-13H,4,7-10H2,1-2H3,(H,22,28). The van der Waals surface area contributed by atoms with Crippen molar-refractivity contribution in [2.24, 2.45) is 0 Å². The highest BCUT2D eigenvalue weighted by Gasteiger charge is 2.28. The predicted molar refractivity (Wildman–Crippen MR) is 106 cm³/mol. The second-order valence-corrected chi connectivity index (χ2v) is 7.47. The summed E-state index contributed by atoms with van der Waals surface area (Å²) in [7, 11) is 0. The fraction of sp³-hybridized carbons (Fsp3) is 0.400. The molecule has 1 saturated heterocycles. The van der Waals surface area contributed by atoms with Gasteiger partial charge in [-0.25, -0.2) is 4.68 Å². The molecule has 8 heteroatoms. The summed E-state index contributed by atoms with van der Waals surface area (Å²) >= 11 is 6.08. The number of rotatable bonds is 7. The number of carbonyl (C=O) groups excluding carboxylic acids is 3. The SMILES string of the molecule is CC(C)c1c(C(=O)NCCCN2C(=O)CCC2=O)cnn1-c1cccc(Cl)c1. The minimum atomic E-state index is -0.226. The molecule has 0 atom stereocenters. The Hall–Kier alpha value is -2.67. The molecule has 148 valence electrons. The highest BCUT2D eigenvalue weighted by molar-refractivity contribution is 6.30. The topological polar surface area (TPSA) is 84.3 Å². The number of benzene rings is 1. The van der Waals surface area contributed by atoms with Crippen LogP contribution in [0.2, 0.25) is 5.02 Å². The molecule has 7 nitrogen and oxygen atoms in total. The number of carbonyl (C=O) groups is 3. The zero-order chi connectivity index (χ0) is 20.3. The number of nitrogens with one attached hydrogen (secondary N) is 1. The summed E-state index contributed by atoms with van der Waals surface area (Å²) in [4.78, 5) is 37.2. The lowest BCUT2D eigenvalue weighted by molar-refractivity contribution is -0.138. The van der Waals surface area contributed by atoms with Crippen molar-refractivity contribution in [3.8, 4) is 5.69 Å². The number of likely N-dealkylation sites (tertiary alicyclic amines) is 1. The maximum atomic E-state index is 12.7. The first kappa shape index (κ1) is 20.1. The maximum absolute atomic E-state index is 12.7. The van der Waals surface area contributed by atoms with Gasteiger partial charge in [-0.1, -0.05) is 31.5 Å². The molecule has 1 aromatic heterocycles. The molecule has 1 aliphatic heterocycles. The van der Waals surface area contributed by atoms with Crippen LogP contribution in [0.15, 0.2) is 30.5 Å². The van der Waals surface area contributed by atoms with E-state index < -0.39 is 0 Å². The monoisotopic (exact) mass is 402 g/mol. The Morgan fingerprint density at radius 3 is 2.61 bits per heavy atom. The lowest BCUT2D eigenvalue weighted by Crippen LogP contribution is -2.33. The Morgan fingerprint density at radius 1 is 1.25 bits per heavy atom. The molecule has 0 bridgehead atoms. The molecular formula is C20H23ClN4O3. The van der Waals surface area contributed by atoms with Crippen molar-refractivity contribution in [2.45, 2.75) is 39.0 Å². The molecule has 1 aliphatic rings. The number of halogens is 1. The van der Waals surface area contributed by atoms with Gasteiger partial charge >= 0.3 is 0 Å². The fourth-order valence-corrected chi connectivity index (χ4v) is 3.49. The number of amides is 3. The summed E-state index contributed by atoms with van der Waals surface area (Å²) in [5, 5.41) is 7.83. The van der Waals surface area contributed by atoms with Crippen molar-refractivity contribution in [1.82, 2.24) is 20.0 Å². The smallest absolute Gasteiger partial charge is 0.254 e. The average molecular weight is 403 g/mol. The molecule has 2 aromatic rings. The van der Waals surface area contributed by atoms with Gasteiger partial charge in [-0.15, -0.1) is 0 Å². The highest BCUT2D eigenvalue weighted by Crippen LogP contribution is 2.24. The molecule has 0 spiro atoms. The fourth-order valence-electron chi connectivity index (χ4n) is 3.31. The molecule has 1 fully saturated rings. The molecule has 0 saturated carbocycles. The molecular weight excluding hydrogens is 380 g/mol. The van der Waals surface area contributed by atoms with Crippen LogP contribution in [0.1, 0.15) is 55.1 Å². The summed E-state index contributed by atoms with van der Waals surface area (Å²) in [6, 6.07) is 7.31. The van der Waals surface area contributed by atoms with Gasteiger partial charge in [0, 0.05) is 31.0 Å². The number of imide groups is 1. The summed E-state index contributed by atoms with van der Waals surface area (Å²) < 4.78 is 1.73. The Morgan fingerprint density at radius 2 is 1.96 bits per heavy atom. The lowest BCUT2D eigenvalue weighted by atomic mass is 10.0. The van der Waals surface area contributed by atoms with E-state index in [1.54, 1.807) is 23.0 Å². The van der Waals surface area contributed by atoms with Crippen LogP contribution in [0.25, 0.3) is 5.69 Å². The first-order valence-electron chi connectivity index (χ1n) is 9.33. The third kappa shape index (κ3) is 4.25. The van der Waals surface area contributed by atoms with Crippen LogP contribution in [-0.4, -0.2) is 45.5 Å². The Balaban J connectivity index is 1.66. The minimum Gasteiger partial charge on any atom is -0.352 e. The van der Waals surface area contributed by atoms with Crippen molar-refractivity contribution in [3.63, 3.8) is 0 Å². The number of aromatic nitrogens is 2. The zero-order valence-electron chi connectivity index (χ0n) is 15.9. The zero-order valence-corrected chi connectivity index (χ0v) is 16.7. The Labute approximate surface area is 168 Å². The third-order valence-corrected chi connectivity index (χ3v) is 4.88.